The second-order valence-electron chi connectivity index (χ2n) is 9.39. The van der Waals surface area contributed by atoms with Gasteiger partial charge >= 0.3 is 244 Å². The molecule has 0 N–H and O–H groups in total. The van der Waals surface area contributed by atoms with Gasteiger partial charge in [0.25, 0.3) is 0 Å². The average molecular weight is 611 g/mol. The van der Waals surface area contributed by atoms with Crippen molar-refractivity contribution in [2.24, 2.45) is 0 Å². The van der Waals surface area contributed by atoms with E-state index in [-0.39, 0.29) is 0 Å². The molecule has 4 heteroatoms. The summed E-state index contributed by atoms with van der Waals surface area (Å²) in [5, 5.41) is 7.11. The average Bonchev–Trinajstić information content (AvgIpc) is 3.02. The molecule has 196 valence electrons. The summed E-state index contributed by atoms with van der Waals surface area (Å²) in [7, 11) is -0.964. The van der Waals surface area contributed by atoms with Crippen LogP contribution < -0.4 is 25.7 Å². The fourth-order valence-electron chi connectivity index (χ4n) is 4.64. The van der Waals surface area contributed by atoms with Crippen molar-refractivity contribution in [1.82, 2.24) is 4.90 Å². The quantitative estimate of drug-likeness (QED) is 0.0859. The third kappa shape index (κ3) is 8.46. The summed E-state index contributed by atoms with van der Waals surface area (Å²) >= 11 is 0.528. The van der Waals surface area contributed by atoms with Gasteiger partial charge < -0.3 is 0 Å². The van der Waals surface area contributed by atoms with Crippen LogP contribution in [0.3, 0.4) is 0 Å². The molecule has 0 heterocycles. The summed E-state index contributed by atoms with van der Waals surface area (Å²) in [6.07, 6.45) is 3.40. The van der Waals surface area contributed by atoms with Crippen molar-refractivity contribution < 1.29 is 0 Å². The fourth-order valence-corrected chi connectivity index (χ4v) is 11.3. The van der Waals surface area contributed by atoms with Gasteiger partial charge in [0.15, 0.2) is 0 Å². The van der Waals surface area contributed by atoms with Crippen LogP contribution in [0.25, 0.3) is 0 Å². The van der Waals surface area contributed by atoms with E-state index in [0.717, 1.165) is 19.1 Å². The first-order chi connectivity index (χ1) is 19.4. The van der Waals surface area contributed by atoms with Crippen LogP contribution in [0.2, 0.25) is 5.32 Å². The fraction of sp³-hybridized carbons (Fsp3) is 0.143. The molecule has 0 fully saturated rings. The van der Waals surface area contributed by atoms with Gasteiger partial charge in [-0.05, 0) is 0 Å². The molecule has 0 spiro atoms. The third-order valence-electron chi connectivity index (χ3n) is 6.58. The van der Waals surface area contributed by atoms with E-state index in [0.29, 0.717) is 15.0 Å². The minimum absolute atomic E-state index is 0.482. The van der Waals surface area contributed by atoms with E-state index in [9.17, 15) is 0 Å². The molecule has 0 saturated heterocycles. The Bertz CT molecular complexity index is 1190. The second-order valence-corrected chi connectivity index (χ2v) is 16.2. The second kappa shape index (κ2) is 15.3. The van der Waals surface area contributed by atoms with Crippen LogP contribution >= 0.6 is 15.8 Å². The molecule has 0 aliphatic heterocycles. The first-order valence-corrected chi connectivity index (χ1v) is 18.6. The predicted octanol–water partition coefficient (Wildman–Crippen LogP) is 6.31. The van der Waals surface area contributed by atoms with Crippen LogP contribution in [-0.2, 0) is 0 Å². The maximum absolute atomic E-state index is 2.79. The van der Waals surface area contributed by atoms with E-state index >= 15 is 0 Å². The van der Waals surface area contributed by atoms with Crippen molar-refractivity contribution in [2.45, 2.75) is 11.7 Å². The third-order valence-corrected chi connectivity index (χ3v) is 13.9. The summed E-state index contributed by atoms with van der Waals surface area (Å²) in [4.78, 5) is 2.79. The summed E-state index contributed by atoms with van der Waals surface area (Å²) in [5.74, 6) is 0. The van der Waals surface area contributed by atoms with Crippen LogP contribution in [0.15, 0.2) is 152 Å². The SMILES string of the molecule is c1ccc([Se]CCCN(CP(c2ccccc2)c2ccccc2)CP(c2ccccc2)c2ccccc2)cc1. The summed E-state index contributed by atoms with van der Waals surface area (Å²) in [6, 6.07) is 55.7. The molecular weight excluding hydrogens is 575 g/mol. The monoisotopic (exact) mass is 611 g/mol. The zero-order valence-corrected chi connectivity index (χ0v) is 25.7. The molecule has 0 radical (unpaired) electrons. The van der Waals surface area contributed by atoms with Crippen LogP contribution in [0.5, 0.6) is 0 Å². The van der Waals surface area contributed by atoms with E-state index < -0.39 is 15.8 Å². The van der Waals surface area contributed by atoms with E-state index in [1.807, 2.05) is 0 Å². The van der Waals surface area contributed by atoms with E-state index in [2.05, 4.69) is 157 Å². The van der Waals surface area contributed by atoms with Crippen LogP contribution in [0, 0.1) is 0 Å². The van der Waals surface area contributed by atoms with E-state index in [1.54, 1.807) is 0 Å². The normalized spacial score (nSPS) is 11.4. The zero-order valence-electron chi connectivity index (χ0n) is 22.2. The zero-order chi connectivity index (χ0) is 26.5. The molecule has 0 aliphatic carbocycles. The molecule has 5 aromatic carbocycles. The molecule has 0 unspecified atom stereocenters. The molecule has 0 aliphatic rings. The topological polar surface area (TPSA) is 3.24 Å². The summed E-state index contributed by atoms with van der Waals surface area (Å²) in [6.45, 7) is 1.13. The number of hydrogen-bond acceptors (Lipinski definition) is 1. The molecule has 0 atom stereocenters. The van der Waals surface area contributed by atoms with Crippen molar-refractivity contribution in [3.8, 4) is 0 Å². The Morgan fingerprint density at radius 3 is 1.13 bits per heavy atom. The first-order valence-electron chi connectivity index (χ1n) is 13.5. The molecule has 5 aromatic rings. The summed E-state index contributed by atoms with van der Waals surface area (Å²) < 4.78 is 1.50. The molecule has 0 amide bonds. The van der Waals surface area contributed by atoms with Gasteiger partial charge in [-0.25, -0.2) is 0 Å². The van der Waals surface area contributed by atoms with Gasteiger partial charge in [0.05, 0.1) is 0 Å². The van der Waals surface area contributed by atoms with Crippen molar-refractivity contribution in [1.29, 1.82) is 0 Å². The summed E-state index contributed by atoms with van der Waals surface area (Å²) in [5.41, 5.74) is 0. The van der Waals surface area contributed by atoms with Gasteiger partial charge in [-0.1, -0.05) is 0 Å². The number of hydrogen-bond donors (Lipinski definition) is 0. The van der Waals surface area contributed by atoms with Gasteiger partial charge in [0.2, 0.25) is 0 Å². The van der Waals surface area contributed by atoms with Crippen LogP contribution in [-0.4, -0.2) is 39.0 Å². The standard InChI is InChI=1S/C35H35NP2Se/c1-6-17-31(18-7-1)37(32-19-8-2-9-20-32)29-36(27-16-28-39-35-25-14-5-15-26-35)30-38(33-21-10-3-11-22-33)34-23-12-4-13-24-34/h1-15,17-26H,16,27-30H2. The Balaban J connectivity index is 1.41. The Morgan fingerprint density at radius 2 is 0.769 bits per heavy atom. The van der Waals surface area contributed by atoms with Crippen molar-refractivity contribution >= 4 is 56.5 Å². The van der Waals surface area contributed by atoms with Gasteiger partial charge in [0, 0.05) is 0 Å². The molecule has 0 saturated carbocycles. The first kappa shape index (κ1) is 28.0. The predicted molar refractivity (Wildman–Crippen MR) is 176 cm³/mol. The molecular formula is C35H35NP2Se. The Labute approximate surface area is 243 Å². The molecule has 5 rings (SSSR count). The van der Waals surface area contributed by atoms with E-state index in [1.165, 1.54) is 37.4 Å². The molecule has 0 bridgehead atoms. The van der Waals surface area contributed by atoms with Crippen molar-refractivity contribution in [3.05, 3.63) is 152 Å². The molecule has 1 nitrogen and oxygen atoms in total. The van der Waals surface area contributed by atoms with Crippen molar-refractivity contribution in [3.63, 3.8) is 0 Å². The Hall–Kier alpha value is -2.56. The molecule has 39 heavy (non-hydrogen) atoms. The number of benzene rings is 5. The van der Waals surface area contributed by atoms with Gasteiger partial charge in [-0.15, -0.1) is 0 Å². The molecule has 0 aromatic heterocycles. The van der Waals surface area contributed by atoms with Crippen LogP contribution in [0.4, 0.5) is 0 Å². The Kier molecular flexibility index (Phi) is 11.0. The number of rotatable bonds is 13. The van der Waals surface area contributed by atoms with Gasteiger partial charge in [-0.2, -0.15) is 0 Å². The minimum atomic E-state index is -0.482. The Morgan fingerprint density at radius 1 is 0.436 bits per heavy atom. The van der Waals surface area contributed by atoms with Gasteiger partial charge in [0.1, 0.15) is 0 Å². The van der Waals surface area contributed by atoms with E-state index in [4.69, 9.17) is 0 Å². The van der Waals surface area contributed by atoms with Crippen molar-refractivity contribution in [2.75, 3.05) is 19.1 Å². The number of nitrogens with zero attached hydrogens (tertiary/aromatic N) is 1. The van der Waals surface area contributed by atoms with Crippen LogP contribution in [0.1, 0.15) is 6.42 Å². The maximum atomic E-state index is 2.79. The van der Waals surface area contributed by atoms with Gasteiger partial charge in [-0.3, -0.25) is 0 Å².